The molecular weight excluding hydrogens is 571 g/mol. The first-order valence-corrected chi connectivity index (χ1v) is 13.4. The van der Waals surface area contributed by atoms with Crippen LogP contribution in [0.15, 0.2) is 51.8 Å². The van der Waals surface area contributed by atoms with Crippen LogP contribution in [0, 0.1) is 0 Å². The van der Waals surface area contributed by atoms with E-state index >= 15 is 0 Å². The highest BCUT2D eigenvalue weighted by atomic mass is 35.5. The summed E-state index contributed by atoms with van der Waals surface area (Å²) in [7, 11) is 0. The minimum Gasteiger partial charge on any atom is -0.488 e. The zero-order chi connectivity index (χ0) is 28.4. The standard InChI is InChI=1S/C26H23ClF3N5O4S/c1-15(36)35-10-8-34(9-11-35)13-21-22(40-24(31-21)16-2-4-17(5-3-16)26(28,29)30)14-38-18-6-7-19(20(27)12-18)23-32-25(37)39-33-23/h2-7,12H,8-11,13-14H2,1H3,(H,32,33,37). The minimum atomic E-state index is -4.42. The molecule has 14 heteroatoms. The highest BCUT2D eigenvalue weighted by Crippen LogP contribution is 2.35. The third-order valence-electron chi connectivity index (χ3n) is 6.43. The number of alkyl halides is 3. The second-order valence-electron chi connectivity index (χ2n) is 9.12. The van der Waals surface area contributed by atoms with E-state index in [0.29, 0.717) is 59.6 Å². The number of aromatic nitrogens is 3. The van der Waals surface area contributed by atoms with Crippen molar-refractivity contribution in [2.24, 2.45) is 0 Å². The van der Waals surface area contributed by atoms with Gasteiger partial charge in [-0.15, -0.1) is 11.3 Å². The smallest absolute Gasteiger partial charge is 0.439 e. The fourth-order valence-electron chi connectivity index (χ4n) is 4.25. The number of ether oxygens (including phenoxy) is 1. The van der Waals surface area contributed by atoms with Gasteiger partial charge in [0.2, 0.25) is 5.91 Å². The molecule has 0 bridgehead atoms. The van der Waals surface area contributed by atoms with Crippen LogP contribution in [0.3, 0.4) is 0 Å². The molecule has 0 aliphatic carbocycles. The van der Waals surface area contributed by atoms with Crippen LogP contribution >= 0.6 is 22.9 Å². The average Bonchev–Trinajstić information content (AvgIpc) is 3.53. The number of aromatic amines is 1. The number of halogens is 4. The number of benzene rings is 2. The monoisotopic (exact) mass is 593 g/mol. The molecule has 40 heavy (non-hydrogen) atoms. The molecule has 1 aliphatic heterocycles. The Hall–Kier alpha value is -3.68. The average molecular weight is 594 g/mol. The van der Waals surface area contributed by atoms with E-state index in [9.17, 15) is 22.8 Å². The molecule has 0 radical (unpaired) electrons. The number of piperazine rings is 1. The maximum absolute atomic E-state index is 13.0. The molecule has 0 saturated carbocycles. The molecule has 4 aromatic rings. The van der Waals surface area contributed by atoms with E-state index in [1.54, 1.807) is 30.0 Å². The lowest BCUT2D eigenvalue weighted by Gasteiger charge is -2.33. The zero-order valence-electron chi connectivity index (χ0n) is 21.1. The summed E-state index contributed by atoms with van der Waals surface area (Å²) in [5.74, 6) is -0.00954. The summed E-state index contributed by atoms with van der Waals surface area (Å²) >= 11 is 7.71. The van der Waals surface area contributed by atoms with Crippen molar-refractivity contribution in [2.45, 2.75) is 26.3 Å². The number of nitrogens with zero attached hydrogens (tertiary/aromatic N) is 4. The van der Waals surface area contributed by atoms with Gasteiger partial charge in [-0.25, -0.2) is 9.78 Å². The maximum atomic E-state index is 13.0. The van der Waals surface area contributed by atoms with Crippen LogP contribution < -0.4 is 10.5 Å². The van der Waals surface area contributed by atoms with Crippen molar-refractivity contribution < 1.29 is 27.2 Å². The zero-order valence-corrected chi connectivity index (χ0v) is 22.7. The molecule has 1 fully saturated rings. The summed E-state index contributed by atoms with van der Waals surface area (Å²) in [6, 6.07) is 9.80. The first-order chi connectivity index (χ1) is 19.1. The van der Waals surface area contributed by atoms with Crippen LogP contribution in [0.5, 0.6) is 5.75 Å². The Labute approximate surface area is 235 Å². The summed E-state index contributed by atoms with van der Waals surface area (Å²) < 4.78 is 49.7. The molecule has 0 unspecified atom stereocenters. The van der Waals surface area contributed by atoms with Gasteiger partial charge in [0, 0.05) is 50.8 Å². The van der Waals surface area contributed by atoms with Crippen molar-refractivity contribution in [2.75, 3.05) is 26.2 Å². The minimum absolute atomic E-state index is 0.0339. The lowest BCUT2D eigenvalue weighted by atomic mass is 10.1. The number of rotatable bonds is 7. The topological polar surface area (TPSA) is 105 Å². The molecule has 1 aliphatic rings. The van der Waals surface area contributed by atoms with E-state index < -0.39 is 17.5 Å². The van der Waals surface area contributed by atoms with E-state index in [4.69, 9.17) is 21.3 Å². The SMILES string of the molecule is CC(=O)N1CCN(Cc2nc(-c3ccc(C(F)(F)F)cc3)sc2COc2ccc(-c3noc(=O)[nH]3)c(Cl)c2)CC1. The van der Waals surface area contributed by atoms with Gasteiger partial charge in [0.05, 0.1) is 21.2 Å². The third kappa shape index (κ3) is 6.37. The van der Waals surface area contributed by atoms with Crippen LogP contribution in [-0.4, -0.2) is 57.0 Å². The number of thiazole rings is 1. The van der Waals surface area contributed by atoms with Crippen LogP contribution in [0.2, 0.25) is 5.02 Å². The summed E-state index contributed by atoms with van der Waals surface area (Å²) in [4.78, 5) is 34.9. The highest BCUT2D eigenvalue weighted by molar-refractivity contribution is 7.15. The molecule has 0 atom stereocenters. The molecule has 2 aromatic carbocycles. The highest BCUT2D eigenvalue weighted by Gasteiger charge is 2.30. The predicted molar refractivity (Wildman–Crippen MR) is 142 cm³/mol. The number of H-pyrrole nitrogens is 1. The molecule has 5 rings (SSSR count). The number of amides is 1. The van der Waals surface area contributed by atoms with E-state index in [0.717, 1.165) is 22.7 Å². The van der Waals surface area contributed by atoms with Gasteiger partial charge in [-0.1, -0.05) is 28.9 Å². The van der Waals surface area contributed by atoms with Crippen LogP contribution in [0.25, 0.3) is 22.0 Å². The number of carbonyl (C=O) groups is 1. The summed E-state index contributed by atoms with van der Waals surface area (Å²) in [6.07, 6.45) is -4.42. The maximum Gasteiger partial charge on any atom is 0.439 e. The summed E-state index contributed by atoms with van der Waals surface area (Å²) in [5, 5.41) is 4.51. The van der Waals surface area contributed by atoms with Gasteiger partial charge in [-0.3, -0.25) is 19.2 Å². The van der Waals surface area contributed by atoms with Crippen molar-refractivity contribution in [3.63, 3.8) is 0 Å². The Bertz CT molecular complexity index is 1560. The molecular formula is C26H23ClF3N5O4S. The predicted octanol–water partition coefficient (Wildman–Crippen LogP) is 5.07. The van der Waals surface area contributed by atoms with E-state index in [2.05, 4.69) is 19.6 Å². The van der Waals surface area contributed by atoms with Gasteiger partial charge in [-0.2, -0.15) is 13.2 Å². The number of nitrogens with one attached hydrogen (secondary N) is 1. The Morgan fingerprint density at radius 1 is 1.15 bits per heavy atom. The molecule has 9 nitrogen and oxygen atoms in total. The summed E-state index contributed by atoms with van der Waals surface area (Å²) in [6.45, 7) is 4.77. The quantitative estimate of drug-likeness (QED) is 0.319. The van der Waals surface area contributed by atoms with Crippen LogP contribution in [-0.2, 0) is 24.1 Å². The Morgan fingerprint density at radius 3 is 2.48 bits per heavy atom. The number of hydrogen-bond donors (Lipinski definition) is 1. The van der Waals surface area contributed by atoms with Gasteiger partial charge < -0.3 is 9.64 Å². The van der Waals surface area contributed by atoms with Crippen molar-refractivity contribution in [3.05, 3.63) is 74.2 Å². The van der Waals surface area contributed by atoms with E-state index in [1.807, 2.05) is 0 Å². The van der Waals surface area contributed by atoms with E-state index in [1.165, 1.54) is 23.5 Å². The van der Waals surface area contributed by atoms with Gasteiger partial charge in [-0.05, 0) is 30.3 Å². The lowest BCUT2D eigenvalue weighted by Crippen LogP contribution is -2.47. The van der Waals surface area contributed by atoms with Crippen molar-refractivity contribution >= 4 is 28.8 Å². The Morgan fingerprint density at radius 2 is 1.88 bits per heavy atom. The van der Waals surface area contributed by atoms with Crippen LogP contribution in [0.4, 0.5) is 13.2 Å². The van der Waals surface area contributed by atoms with Gasteiger partial charge in [0.1, 0.15) is 17.4 Å². The molecule has 0 spiro atoms. The third-order valence-corrected chi connectivity index (χ3v) is 7.87. The number of carbonyl (C=O) groups excluding carboxylic acids is 1. The molecule has 1 N–H and O–H groups in total. The van der Waals surface area contributed by atoms with Gasteiger partial charge in [0.15, 0.2) is 5.82 Å². The largest absolute Gasteiger partial charge is 0.488 e. The molecule has 2 aromatic heterocycles. The van der Waals surface area contributed by atoms with Crippen molar-refractivity contribution in [1.82, 2.24) is 24.9 Å². The normalized spacial score (nSPS) is 14.5. The fraction of sp³-hybridized carbons (Fsp3) is 0.308. The molecule has 210 valence electrons. The van der Waals surface area contributed by atoms with Crippen molar-refractivity contribution in [3.8, 4) is 27.7 Å². The Kier molecular flexibility index (Phi) is 7.97. The lowest BCUT2D eigenvalue weighted by molar-refractivity contribution is -0.137. The van der Waals surface area contributed by atoms with Gasteiger partial charge >= 0.3 is 11.9 Å². The van der Waals surface area contributed by atoms with E-state index in [-0.39, 0.29) is 18.3 Å². The second-order valence-corrected chi connectivity index (χ2v) is 10.6. The number of hydrogen-bond acceptors (Lipinski definition) is 8. The van der Waals surface area contributed by atoms with Gasteiger partial charge in [0.25, 0.3) is 0 Å². The fourth-order valence-corrected chi connectivity index (χ4v) is 5.50. The first-order valence-electron chi connectivity index (χ1n) is 12.2. The molecule has 1 saturated heterocycles. The molecule has 3 heterocycles. The second kappa shape index (κ2) is 11.4. The molecule has 1 amide bonds. The first kappa shape index (κ1) is 27.9. The van der Waals surface area contributed by atoms with Crippen molar-refractivity contribution in [1.29, 1.82) is 0 Å². The Balaban J connectivity index is 1.36. The van der Waals surface area contributed by atoms with Crippen LogP contribution in [0.1, 0.15) is 23.1 Å². The summed E-state index contributed by atoms with van der Waals surface area (Å²) in [5.41, 5.74) is 1.06.